The van der Waals surface area contributed by atoms with Crippen LogP contribution in [0.4, 0.5) is 0 Å². The van der Waals surface area contributed by atoms with E-state index in [0.29, 0.717) is 0 Å². The molecule has 0 saturated carbocycles. The number of carbonyl (C=O) groups excluding carboxylic acids is 1. The van der Waals surface area contributed by atoms with Crippen molar-refractivity contribution in [3.8, 4) is 0 Å². The minimum atomic E-state index is -0.0914. The summed E-state index contributed by atoms with van der Waals surface area (Å²) in [5.74, 6) is -0.0914. The molecular formula is C10H12NO2. The summed E-state index contributed by atoms with van der Waals surface area (Å²) < 4.78 is 0. The van der Waals surface area contributed by atoms with Crippen LogP contribution in [0.3, 0.4) is 0 Å². The zero-order valence-corrected chi connectivity index (χ0v) is 7.45. The molecule has 0 unspecified atom stereocenters. The summed E-state index contributed by atoms with van der Waals surface area (Å²) in [5.41, 5.74) is 1.77. The predicted octanol–water partition coefficient (Wildman–Crippen LogP) is 0.825. The van der Waals surface area contributed by atoms with Gasteiger partial charge in [-0.2, -0.15) is 0 Å². The van der Waals surface area contributed by atoms with Crippen LogP contribution in [-0.4, -0.2) is 11.0 Å². The van der Waals surface area contributed by atoms with Crippen LogP contribution in [0.2, 0.25) is 0 Å². The second kappa shape index (κ2) is 4.62. The summed E-state index contributed by atoms with van der Waals surface area (Å²) in [6, 6.07) is 7.30. The summed E-state index contributed by atoms with van der Waals surface area (Å²) >= 11 is 0. The highest BCUT2D eigenvalue weighted by molar-refractivity contribution is 5.74. The van der Waals surface area contributed by atoms with Crippen LogP contribution in [-0.2, 0) is 11.4 Å². The van der Waals surface area contributed by atoms with E-state index in [2.05, 4.69) is 5.32 Å². The van der Waals surface area contributed by atoms with Gasteiger partial charge in [0.25, 0.3) is 0 Å². The molecule has 0 aliphatic carbocycles. The van der Waals surface area contributed by atoms with Gasteiger partial charge in [-0.3, -0.25) is 4.79 Å². The Morgan fingerprint density at radius 3 is 2.54 bits per heavy atom. The monoisotopic (exact) mass is 178 g/mol. The summed E-state index contributed by atoms with van der Waals surface area (Å²) in [6.45, 7) is 3.13. The maximum absolute atomic E-state index is 10.6. The van der Waals surface area contributed by atoms with E-state index in [1.807, 2.05) is 24.3 Å². The maximum Gasteiger partial charge on any atom is 0.217 e. The average Bonchev–Trinajstić information content (AvgIpc) is 2.15. The summed E-state index contributed by atoms with van der Waals surface area (Å²) in [6.07, 6.45) is 0. The molecule has 0 atom stereocenters. The summed E-state index contributed by atoms with van der Waals surface area (Å²) in [4.78, 5) is 10.6. The Balaban J connectivity index is 2.54. The topological polar surface area (TPSA) is 49.3 Å². The molecule has 2 N–H and O–H groups in total. The number of rotatable bonds is 3. The first-order chi connectivity index (χ1) is 6.22. The van der Waals surface area contributed by atoms with Crippen LogP contribution in [0.15, 0.2) is 24.3 Å². The van der Waals surface area contributed by atoms with Crippen LogP contribution in [0.1, 0.15) is 18.1 Å². The Morgan fingerprint density at radius 2 is 2.08 bits per heavy atom. The van der Waals surface area contributed by atoms with Crippen molar-refractivity contribution < 1.29 is 9.90 Å². The Kier molecular flexibility index (Phi) is 3.46. The van der Waals surface area contributed by atoms with E-state index in [9.17, 15) is 4.79 Å². The third kappa shape index (κ3) is 3.25. The Labute approximate surface area is 77.4 Å². The van der Waals surface area contributed by atoms with Crippen LogP contribution in [0.25, 0.3) is 0 Å². The lowest BCUT2D eigenvalue weighted by Gasteiger charge is -2.02. The first-order valence-corrected chi connectivity index (χ1v) is 4.02. The number of nitrogens with one attached hydrogen (secondary N) is 1. The van der Waals surface area contributed by atoms with Crippen molar-refractivity contribution >= 4 is 5.91 Å². The Morgan fingerprint density at radius 1 is 1.46 bits per heavy atom. The van der Waals surface area contributed by atoms with E-state index in [4.69, 9.17) is 5.11 Å². The molecule has 0 aromatic heterocycles. The molecule has 0 saturated heterocycles. The van der Waals surface area contributed by atoms with Crippen LogP contribution >= 0.6 is 0 Å². The van der Waals surface area contributed by atoms with E-state index < -0.39 is 0 Å². The molecule has 1 amide bonds. The van der Waals surface area contributed by atoms with Crippen molar-refractivity contribution in [1.29, 1.82) is 0 Å². The van der Waals surface area contributed by atoms with E-state index in [1.54, 1.807) is 6.54 Å². The standard InChI is InChI=1S/C10H12NO2/c1-8(13)11-6-9-2-4-10(7-12)5-3-9/h2-6,12H,7H2,1H3,(H,11,13). The van der Waals surface area contributed by atoms with E-state index in [1.165, 1.54) is 6.92 Å². The minimum absolute atomic E-state index is 0.0421. The van der Waals surface area contributed by atoms with Gasteiger partial charge in [0.15, 0.2) is 0 Å². The molecule has 69 valence electrons. The molecule has 1 aromatic carbocycles. The molecule has 1 rings (SSSR count). The zero-order chi connectivity index (χ0) is 9.68. The van der Waals surface area contributed by atoms with Crippen molar-refractivity contribution in [3.05, 3.63) is 41.9 Å². The lowest BCUT2D eigenvalue weighted by molar-refractivity contribution is -0.118. The smallest absolute Gasteiger partial charge is 0.217 e. The Hall–Kier alpha value is -1.35. The average molecular weight is 178 g/mol. The summed E-state index contributed by atoms with van der Waals surface area (Å²) in [7, 11) is 0. The van der Waals surface area contributed by atoms with Crippen LogP contribution in [0, 0.1) is 6.54 Å². The van der Waals surface area contributed by atoms with Gasteiger partial charge < -0.3 is 10.4 Å². The fourth-order valence-electron chi connectivity index (χ4n) is 0.904. The summed E-state index contributed by atoms with van der Waals surface area (Å²) in [5, 5.41) is 11.3. The fourth-order valence-corrected chi connectivity index (χ4v) is 0.904. The molecule has 3 heteroatoms. The molecule has 13 heavy (non-hydrogen) atoms. The molecule has 1 aromatic rings. The van der Waals surface area contributed by atoms with E-state index >= 15 is 0 Å². The largest absolute Gasteiger partial charge is 0.392 e. The Bertz CT molecular complexity index is 279. The highest BCUT2D eigenvalue weighted by atomic mass is 16.3. The number of carbonyl (C=O) groups is 1. The van der Waals surface area contributed by atoms with Gasteiger partial charge in [-0.1, -0.05) is 24.3 Å². The second-order valence-corrected chi connectivity index (χ2v) is 2.74. The second-order valence-electron chi connectivity index (χ2n) is 2.74. The molecule has 3 nitrogen and oxygen atoms in total. The third-order valence-corrected chi connectivity index (χ3v) is 1.60. The predicted molar refractivity (Wildman–Crippen MR) is 49.6 cm³/mol. The number of aliphatic hydroxyl groups excluding tert-OH is 1. The van der Waals surface area contributed by atoms with Crippen molar-refractivity contribution in [2.24, 2.45) is 0 Å². The van der Waals surface area contributed by atoms with Gasteiger partial charge in [0.2, 0.25) is 5.91 Å². The lowest BCUT2D eigenvalue weighted by Crippen LogP contribution is -2.16. The number of hydrogen-bond donors (Lipinski definition) is 2. The fraction of sp³-hybridized carbons (Fsp3) is 0.200. The number of hydrogen-bond acceptors (Lipinski definition) is 2. The van der Waals surface area contributed by atoms with E-state index in [0.717, 1.165) is 11.1 Å². The molecular weight excluding hydrogens is 166 g/mol. The van der Waals surface area contributed by atoms with Crippen molar-refractivity contribution in [2.45, 2.75) is 13.5 Å². The van der Waals surface area contributed by atoms with Gasteiger partial charge in [-0.05, 0) is 11.1 Å². The van der Waals surface area contributed by atoms with Crippen molar-refractivity contribution in [1.82, 2.24) is 5.32 Å². The van der Waals surface area contributed by atoms with Gasteiger partial charge in [0.05, 0.1) is 13.2 Å². The van der Waals surface area contributed by atoms with Crippen LogP contribution < -0.4 is 5.32 Å². The molecule has 0 aliphatic rings. The zero-order valence-electron chi connectivity index (χ0n) is 7.45. The quantitative estimate of drug-likeness (QED) is 0.720. The van der Waals surface area contributed by atoms with Gasteiger partial charge in [-0.25, -0.2) is 0 Å². The minimum Gasteiger partial charge on any atom is -0.392 e. The molecule has 0 spiro atoms. The molecule has 0 fully saturated rings. The first kappa shape index (κ1) is 9.74. The van der Waals surface area contributed by atoms with Gasteiger partial charge in [-0.15, -0.1) is 0 Å². The van der Waals surface area contributed by atoms with E-state index in [-0.39, 0.29) is 12.5 Å². The first-order valence-electron chi connectivity index (χ1n) is 4.02. The van der Waals surface area contributed by atoms with Crippen molar-refractivity contribution in [3.63, 3.8) is 0 Å². The SMILES string of the molecule is CC(=O)N[CH]c1ccc(CO)cc1. The number of amides is 1. The van der Waals surface area contributed by atoms with Crippen molar-refractivity contribution in [2.75, 3.05) is 0 Å². The molecule has 0 bridgehead atoms. The van der Waals surface area contributed by atoms with Gasteiger partial charge in [0.1, 0.15) is 0 Å². The third-order valence-electron chi connectivity index (χ3n) is 1.60. The molecule has 0 aliphatic heterocycles. The highest BCUT2D eigenvalue weighted by Crippen LogP contribution is 2.04. The maximum atomic E-state index is 10.6. The molecule has 1 radical (unpaired) electrons. The number of benzene rings is 1. The highest BCUT2D eigenvalue weighted by Gasteiger charge is 1.95. The lowest BCUT2D eigenvalue weighted by atomic mass is 10.1. The number of aliphatic hydroxyl groups is 1. The van der Waals surface area contributed by atoms with Gasteiger partial charge in [0, 0.05) is 6.92 Å². The normalized spacial score (nSPS) is 9.69. The molecule has 0 heterocycles. The van der Waals surface area contributed by atoms with Crippen LogP contribution in [0.5, 0.6) is 0 Å². The van der Waals surface area contributed by atoms with Gasteiger partial charge >= 0.3 is 0 Å².